The van der Waals surface area contributed by atoms with Gasteiger partial charge in [-0.05, 0) is 31.9 Å². The van der Waals surface area contributed by atoms with Crippen molar-refractivity contribution >= 4 is 34.0 Å². The van der Waals surface area contributed by atoms with Gasteiger partial charge in [-0.25, -0.2) is 9.78 Å². The lowest BCUT2D eigenvalue weighted by Crippen LogP contribution is -2.22. The van der Waals surface area contributed by atoms with Crippen LogP contribution in [0.15, 0.2) is 29.6 Å². The summed E-state index contributed by atoms with van der Waals surface area (Å²) in [7, 11) is 0. The van der Waals surface area contributed by atoms with Crippen molar-refractivity contribution in [3.8, 4) is 0 Å². The number of nitroso groups, excluding NO2 is 1. The summed E-state index contributed by atoms with van der Waals surface area (Å²) in [6.07, 6.45) is 5.47. The fourth-order valence-corrected chi connectivity index (χ4v) is 3.85. The number of anilines is 2. The van der Waals surface area contributed by atoms with Gasteiger partial charge in [0.05, 0.1) is 10.6 Å². The third-order valence-electron chi connectivity index (χ3n) is 4.41. The van der Waals surface area contributed by atoms with E-state index in [0.717, 1.165) is 31.2 Å². The molecule has 1 saturated carbocycles. The zero-order chi connectivity index (χ0) is 18.5. The van der Waals surface area contributed by atoms with Gasteiger partial charge >= 0.3 is 6.03 Å². The maximum atomic E-state index is 12.8. The number of hydrogen-bond donors (Lipinski definition) is 2. The van der Waals surface area contributed by atoms with Gasteiger partial charge in [0.1, 0.15) is 6.54 Å². The fourth-order valence-electron chi connectivity index (χ4n) is 3.13. The van der Waals surface area contributed by atoms with Crippen LogP contribution in [0.25, 0.3) is 0 Å². The monoisotopic (exact) mass is 372 g/mol. The minimum absolute atomic E-state index is 0.0268. The molecule has 1 aliphatic carbocycles. The number of amides is 2. The Morgan fingerprint density at radius 3 is 2.77 bits per heavy atom. The van der Waals surface area contributed by atoms with E-state index in [0.29, 0.717) is 21.3 Å². The molecule has 1 heterocycles. The summed E-state index contributed by atoms with van der Waals surface area (Å²) < 4.78 is 0. The number of ketones is 1. The molecular formula is C18H20N4O3S. The van der Waals surface area contributed by atoms with Crippen LogP contribution in [0.2, 0.25) is 0 Å². The number of nitrogens with one attached hydrogen (secondary N) is 2. The van der Waals surface area contributed by atoms with E-state index in [2.05, 4.69) is 20.8 Å². The van der Waals surface area contributed by atoms with E-state index < -0.39 is 6.03 Å². The van der Waals surface area contributed by atoms with Gasteiger partial charge in [0.25, 0.3) is 0 Å². The van der Waals surface area contributed by atoms with Crippen LogP contribution >= 0.6 is 11.3 Å². The number of carbonyl (C=O) groups is 2. The van der Waals surface area contributed by atoms with E-state index in [1.165, 1.54) is 17.5 Å². The molecule has 0 atom stereocenters. The van der Waals surface area contributed by atoms with Gasteiger partial charge in [-0.2, -0.15) is 4.91 Å². The fraction of sp³-hybridized carbons (Fsp3) is 0.389. The third kappa shape index (κ3) is 4.32. The molecular weight excluding hydrogens is 352 g/mol. The van der Waals surface area contributed by atoms with Crippen molar-refractivity contribution in [1.29, 1.82) is 0 Å². The lowest BCUT2D eigenvalue weighted by atomic mass is 9.94. The number of thiazole rings is 1. The molecule has 1 aliphatic rings. The number of nitrogens with zero attached hydrogens (tertiary/aromatic N) is 2. The van der Waals surface area contributed by atoms with E-state index in [-0.39, 0.29) is 18.2 Å². The van der Waals surface area contributed by atoms with Crippen LogP contribution in [0.4, 0.5) is 15.6 Å². The number of aromatic nitrogens is 1. The molecule has 7 nitrogen and oxygen atoms in total. The van der Waals surface area contributed by atoms with Gasteiger partial charge < -0.3 is 5.32 Å². The maximum absolute atomic E-state index is 12.8. The highest BCUT2D eigenvalue weighted by Crippen LogP contribution is 2.31. The number of hydrogen-bond acceptors (Lipinski definition) is 6. The topological polar surface area (TPSA) is 101 Å². The Morgan fingerprint density at radius 2 is 2.04 bits per heavy atom. The van der Waals surface area contributed by atoms with Crippen LogP contribution in [0.1, 0.15) is 46.5 Å². The lowest BCUT2D eigenvalue weighted by Gasteiger charge is -2.14. The first-order valence-electron chi connectivity index (χ1n) is 8.53. The second kappa shape index (κ2) is 8.18. The number of aryl methyl sites for hydroxylation is 1. The van der Waals surface area contributed by atoms with Gasteiger partial charge in [-0.15, -0.1) is 0 Å². The predicted octanol–water partition coefficient (Wildman–Crippen LogP) is 4.73. The highest BCUT2D eigenvalue weighted by atomic mass is 32.1. The molecule has 0 saturated heterocycles. The molecule has 3 rings (SSSR count). The van der Waals surface area contributed by atoms with Crippen molar-refractivity contribution < 1.29 is 9.59 Å². The molecule has 1 aromatic heterocycles. The Hall–Kier alpha value is -2.61. The maximum Gasteiger partial charge on any atom is 0.325 e. The molecule has 2 N–H and O–H groups in total. The smallest absolute Gasteiger partial charge is 0.307 e. The SMILES string of the molecule is Cc1ccc(NC(=O)Nc2ncc(CN=O)s2)c(C(=O)C2CCCC2)c1. The van der Waals surface area contributed by atoms with E-state index in [1.807, 2.05) is 19.1 Å². The van der Waals surface area contributed by atoms with E-state index in [1.54, 1.807) is 6.07 Å². The van der Waals surface area contributed by atoms with E-state index >= 15 is 0 Å². The first kappa shape index (κ1) is 18.2. The first-order valence-corrected chi connectivity index (χ1v) is 9.35. The third-order valence-corrected chi connectivity index (χ3v) is 5.31. The van der Waals surface area contributed by atoms with Gasteiger partial charge in [0.2, 0.25) is 0 Å². The zero-order valence-electron chi connectivity index (χ0n) is 14.4. The number of carbonyl (C=O) groups excluding carboxylic acids is 2. The Balaban J connectivity index is 1.72. The summed E-state index contributed by atoms with van der Waals surface area (Å²) in [6.45, 7) is 1.95. The van der Waals surface area contributed by atoms with Crippen molar-refractivity contribution in [2.24, 2.45) is 11.1 Å². The molecule has 1 aromatic carbocycles. The summed E-state index contributed by atoms with van der Waals surface area (Å²) in [5.74, 6) is 0.132. The average molecular weight is 372 g/mol. The average Bonchev–Trinajstić information content (AvgIpc) is 3.28. The largest absolute Gasteiger partial charge is 0.325 e. The summed E-state index contributed by atoms with van der Waals surface area (Å²) >= 11 is 1.19. The van der Waals surface area contributed by atoms with Crippen LogP contribution in [0, 0.1) is 17.7 Å². The molecule has 1 fully saturated rings. The number of urea groups is 1. The molecule has 0 aliphatic heterocycles. The molecule has 136 valence electrons. The number of rotatable bonds is 6. The van der Waals surface area contributed by atoms with Crippen molar-refractivity contribution in [3.63, 3.8) is 0 Å². The normalized spacial score (nSPS) is 14.2. The van der Waals surface area contributed by atoms with Crippen molar-refractivity contribution in [3.05, 3.63) is 45.3 Å². The lowest BCUT2D eigenvalue weighted by molar-refractivity contribution is 0.0923. The number of Topliss-reactive ketones (excluding diaryl/α,β-unsaturated/α-hetero) is 1. The highest BCUT2D eigenvalue weighted by Gasteiger charge is 2.26. The standard InChI is InChI=1S/C18H20N4O3S/c1-11-6-7-15(14(8-11)16(23)12-4-2-3-5-12)21-17(24)22-18-19-9-13(26-18)10-20-25/h6-9,12H,2-5,10H2,1H3,(H2,19,21,22,24). The minimum Gasteiger partial charge on any atom is -0.307 e. The zero-order valence-corrected chi connectivity index (χ0v) is 15.3. The Bertz CT molecular complexity index is 828. The van der Waals surface area contributed by atoms with Crippen LogP contribution in [0.5, 0.6) is 0 Å². The Morgan fingerprint density at radius 1 is 1.27 bits per heavy atom. The molecule has 2 amide bonds. The molecule has 8 heteroatoms. The van der Waals surface area contributed by atoms with Crippen LogP contribution in [-0.4, -0.2) is 16.8 Å². The minimum atomic E-state index is -0.478. The molecule has 0 bridgehead atoms. The van der Waals surface area contributed by atoms with E-state index in [4.69, 9.17) is 0 Å². The molecule has 26 heavy (non-hydrogen) atoms. The summed E-state index contributed by atoms with van der Waals surface area (Å²) in [5, 5.41) is 8.53. The van der Waals surface area contributed by atoms with E-state index in [9.17, 15) is 14.5 Å². The molecule has 0 radical (unpaired) electrons. The molecule has 0 unspecified atom stereocenters. The van der Waals surface area contributed by atoms with Crippen LogP contribution in [0.3, 0.4) is 0 Å². The van der Waals surface area contributed by atoms with Crippen molar-refractivity contribution in [1.82, 2.24) is 4.98 Å². The highest BCUT2D eigenvalue weighted by molar-refractivity contribution is 7.15. The second-order valence-electron chi connectivity index (χ2n) is 6.39. The summed E-state index contributed by atoms with van der Waals surface area (Å²) in [5.41, 5.74) is 2.02. The van der Waals surface area contributed by atoms with Crippen molar-refractivity contribution in [2.75, 3.05) is 10.6 Å². The summed E-state index contributed by atoms with van der Waals surface area (Å²) in [4.78, 5) is 40.1. The first-order chi connectivity index (χ1) is 12.6. The quantitative estimate of drug-likeness (QED) is 0.565. The summed E-state index contributed by atoms with van der Waals surface area (Å²) in [6, 6.07) is 4.96. The van der Waals surface area contributed by atoms with Gasteiger partial charge in [-0.1, -0.05) is 41.0 Å². The van der Waals surface area contributed by atoms with Crippen LogP contribution < -0.4 is 10.6 Å². The molecule has 2 aromatic rings. The van der Waals surface area contributed by atoms with Crippen molar-refractivity contribution in [2.45, 2.75) is 39.2 Å². The predicted molar refractivity (Wildman–Crippen MR) is 102 cm³/mol. The molecule has 0 spiro atoms. The van der Waals surface area contributed by atoms with Gasteiger partial charge in [0, 0.05) is 17.7 Å². The second-order valence-corrected chi connectivity index (χ2v) is 7.51. The van der Waals surface area contributed by atoms with Gasteiger partial charge in [-0.3, -0.25) is 10.1 Å². The Kier molecular flexibility index (Phi) is 5.72. The van der Waals surface area contributed by atoms with Gasteiger partial charge in [0.15, 0.2) is 10.9 Å². The number of benzene rings is 1. The van der Waals surface area contributed by atoms with Crippen LogP contribution in [-0.2, 0) is 6.54 Å². The Labute approximate surface area is 155 Å².